The Morgan fingerprint density at radius 1 is 1.37 bits per heavy atom. The summed E-state index contributed by atoms with van der Waals surface area (Å²) in [7, 11) is 0. The molecular formula is C13H11ClN2O3. The van der Waals surface area contributed by atoms with Crippen LogP contribution in [0.25, 0.3) is 0 Å². The van der Waals surface area contributed by atoms with Crippen LogP contribution in [0.1, 0.15) is 11.5 Å². The van der Waals surface area contributed by atoms with Gasteiger partial charge < -0.3 is 16.2 Å². The molecule has 1 aliphatic heterocycles. The van der Waals surface area contributed by atoms with Crippen LogP contribution in [0, 0.1) is 0 Å². The van der Waals surface area contributed by atoms with Crippen LogP contribution in [0.15, 0.2) is 52.5 Å². The van der Waals surface area contributed by atoms with Gasteiger partial charge in [-0.15, -0.1) is 0 Å². The maximum Gasteiger partial charge on any atom is 0.336 e. The number of carboxylic acids is 1. The molecule has 1 aliphatic rings. The van der Waals surface area contributed by atoms with Crippen molar-refractivity contribution in [1.29, 1.82) is 0 Å². The summed E-state index contributed by atoms with van der Waals surface area (Å²) in [4.78, 5) is 22.5. The van der Waals surface area contributed by atoms with E-state index in [-0.39, 0.29) is 22.1 Å². The highest BCUT2D eigenvalue weighted by Gasteiger charge is 2.34. The number of rotatable bonds is 3. The summed E-state index contributed by atoms with van der Waals surface area (Å²) in [6.07, 6.45) is 0.544. The van der Waals surface area contributed by atoms with Crippen LogP contribution in [0.3, 0.4) is 0 Å². The SMILES string of the molecule is NC1=C(C(=O)O)[C@@H](c2ccccc2)C(C=O)=C(Cl)N1. The van der Waals surface area contributed by atoms with Gasteiger partial charge >= 0.3 is 5.97 Å². The first-order chi connectivity index (χ1) is 9.06. The number of aliphatic carboxylic acids is 1. The number of carbonyl (C=O) groups is 2. The molecule has 0 bridgehead atoms. The van der Waals surface area contributed by atoms with Crippen molar-refractivity contribution in [3.05, 3.63) is 58.0 Å². The van der Waals surface area contributed by atoms with Crippen LogP contribution in [0.5, 0.6) is 0 Å². The lowest BCUT2D eigenvalue weighted by Gasteiger charge is -2.26. The minimum atomic E-state index is -1.19. The Kier molecular flexibility index (Phi) is 3.57. The van der Waals surface area contributed by atoms with Gasteiger partial charge in [-0.05, 0) is 5.56 Å². The van der Waals surface area contributed by atoms with E-state index in [1.807, 2.05) is 0 Å². The molecule has 2 rings (SSSR count). The van der Waals surface area contributed by atoms with E-state index < -0.39 is 11.9 Å². The van der Waals surface area contributed by atoms with Gasteiger partial charge in [-0.2, -0.15) is 0 Å². The number of aldehydes is 1. The lowest BCUT2D eigenvalue weighted by Crippen LogP contribution is -2.32. The molecule has 5 nitrogen and oxygen atoms in total. The maximum atomic E-state index is 11.4. The Labute approximate surface area is 114 Å². The largest absolute Gasteiger partial charge is 0.478 e. The van der Waals surface area contributed by atoms with Crippen LogP contribution in [-0.2, 0) is 9.59 Å². The highest BCUT2D eigenvalue weighted by molar-refractivity contribution is 6.31. The Hall–Kier alpha value is -2.27. The van der Waals surface area contributed by atoms with E-state index in [4.69, 9.17) is 17.3 Å². The number of halogens is 1. The average molecular weight is 279 g/mol. The summed E-state index contributed by atoms with van der Waals surface area (Å²) in [6, 6.07) is 8.75. The number of carbonyl (C=O) groups excluding carboxylic acids is 1. The molecule has 0 saturated carbocycles. The predicted molar refractivity (Wildman–Crippen MR) is 70.1 cm³/mol. The molecule has 0 unspecified atom stereocenters. The van der Waals surface area contributed by atoms with Crippen molar-refractivity contribution in [2.75, 3.05) is 0 Å². The monoisotopic (exact) mass is 278 g/mol. The molecule has 1 atom stereocenters. The number of hydrogen-bond acceptors (Lipinski definition) is 4. The lowest BCUT2D eigenvalue weighted by atomic mass is 9.83. The van der Waals surface area contributed by atoms with Crippen LogP contribution in [0.2, 0.25) is 0 Å². The summed E-state index contributed by atoms with van der Waals surface area (Å²) in [6.45, 7) is 0. The molecule has 1 aromatic rings. The normalized spacial score (nSPS) is 19.1. The fourth-order valence-corrected chi connectivity index (χ4v) is 2.30. The molecule has 0 aliphatic carbocycles. The number of dihydropyridines is 1. The van der Waals surface area contributed by atoms with Crippen molar-refractivity contribution >= 4 is 23.9 Å². The first-order valence-electron chi connectivity index (χ1n) is 5.46. The third-order valence-corrected chi connectivity index (χ3v) is 3.19. The molecule has 0 spiro atoms. The second-order valence-corrected chi connectivity index (χ2v) is 4.37. The summed E-state index contributed by atoms with van der Waals surface area (Å²) >= 11 is 5.92. The highest BCUT2D eigenvalue weighted by atomic mass is 35.5. The lowest BCUT2D eigenvalue weighted by molar-refractivity contribution is -0.133. The van der Waals surface area contributed by atoms with Crippen molar-refractivity contribution in [2.45, 2.75) is 5.92 Å². The van der Waals surface area contributed by atoms with Gasteiger partial charge in [-0.3, -0.25) is 4.79 Å². The first kappa shape index (κ1) is 13.2. The zero-order chi connectivity index (χ0) is 14.0. The molecular weight excluding hydrogens is 268 g/mol. The second kappa shape index (κ2) is 5.16. The Morgan fingerprint density at radius 2 is 2.00 bits per heavy atom. The number of benzene rings is 1. The predicted octanol–water partition coefficient (Wildman–Crippen LogP) is 1.28. The van der Waals surface area contributed by atoms with Crippen molar-refractivity contribution in [2.24, 2.45) is 5.73 Å². The molecule has 1 heterocycles. The maximum absolute atomic E-state index is 11.4. The second-order valence-electron chi connectivity index (χ2n) is 3.99. The number of nitrogens with one attached hydrogen (secondary N) is 1. The third-order valence-electron chi connectivity index (χ3n) is 2.88. The molecule has 0 radical (unpaired) electrons. The van der Waals surface area contributed by atoms with Crippen molar-refractivity contribution in [3.63, 3.8) is 0 Å². The number of allylic oxidation sites excluding steroid dienone is 1. The molecule has 0 saturated heterocycles. The van der Waals surface area contributed by atoms with Gasteiger partial charge in [0, 0.05) is 5.57 Å². The summed E-state index contributed by atoms with van der Waals surface area (Å²) in [5.41, 5.74) is 6.38. The molecule has 1 aromatic carbocycles. The van der Waals surface area contributed by atoms with Crippen molar-refractivity contribution < 1.29 is 14.7 Å². The topological polar surface area (TPSA) is 92.4 Å². The van der Waals surface area contributed by atoms with Crippen molar-refractivity contribution in [3.8, 4) is 0 Å². The van der Waals surface area contributed by atoms with Crippen molar-refractivity contribution in [1.82, 2.24) is 5.32 Å². The molecule has 0 aromatic heterocycles. The Bertz CT molecular complexity index is 593. The Morgan fingerprint density at radius 3 is 2.53 bits per heavy atom. The van der Waals surface area contributed by atoms with E-state index in [0.29, 0.717) is 11.8 Å². The number of nitrogens with two attached hydrogens (primary N) is 1. The van der Waals surface area contributed by atoms with Gasteiger partial charge in [0.2, 0.25) is 0 Å². The molecule has 4 N–H and O–H groups in total. The van der Waals surface area contributed by atoms with E-state index in [1.54, 1.807) is 30.3 Å². The van der Waals surface area contributed by atoms with E-state index in [2.05, 4.69) is 5.32 Å². The van der Waals surface area contributed by atoms with Gasteiger partial charge in [0.05, 0.1) is 11.5 Å². The van der Waals surface area contributed by atoms with Gasteiger partial charge in [0.25, 0.3) is 0 Å². The Balaban J connectivity index is 2.64. The molecule has 0 amide bonds. The molecule has 6 heteroatoms. The fourth-order valence-electron chi connectivity index (χ4n) is 2.05. The number of hydrogen-bond donors (Lipinski definition) is 3. The summed E-state index contributed by atoms with van der Waals surface area (Å²) in [5.74, 6) is -2.02. The van der Waals surface area contributed by atoms with Gasteiger partial charge in [-0.1, -0.05) is 41.9 Å². The van der Waals surface area contributed by atoms with E-state index in [1.165, 1.54) is 0 Å². The zero-order valence-corrected chi connectivity index (χ0v) is 10.5. The summed E-state index contributed by atoms with van der Waals surface area (Å²) < 4.78 is 0. The van der Waals surface area contributed by atoms with Gasteiger partial charge in [-0.25, -0.2) is 4.79 Å². The fraction of sp³-hybridized carbons (Fsp3) is 0.0769. The smallest absolute Gasteiger partial charge is 0.336 e. The standard InChI is InChI=1S/C13H11ClN2O3/c14-11-8(6-17)9(7-4-2-1-3-5-7)10(13(18)19)12(15)16-11/h1-6,9,16H,15H2,(H,18,19)/t9-/m0/s1. The first-order valence-corrected chi connectivity index (χ1v) is 5.83. The minimum absolute atomic E-state index is 0.0475. The molecule has 98 valence electrons. The third kappa shape index (κ3) is 2.32. The van der Waals surface area contributed by atoms with E-state index in [9.17, 15) is 14.7 Å². The van der Waals surface area contributed by atoms with E-state index in [0.717, 1.165) is 0 Å². The van der Waals surface area contributed by atoms with Gasteiger partial charge in [0.1, 0.15) is 17.3 Å². The highest BCUT2D eigenvalue weighted by Crippen LogP contribution is 2.36. The van der Waals surface area contributed by atoms with Crippen LogP contribution in [0.4, 0.5) is 0 Å². The summed E-state index contributed by atoms with van der Waals surface area (Å²) in [5, 5.41) is 11.8. The van der Waals surface area contributed by atoms with Crippen LogP contribution >= 0.6 is 11.6 Å². The van der Waals surface area contributed by atoms with E-state index >= 15 is 0 Å². The zero-order valence-electron chi connectivity index (χ0n) is 9.76. The minimum Gasteiger partial charge on any atom is -0.478 e. The van der Waals surface area contributed by atoms with Crippen LogP contribution in [-0.4, -0.2) is 17.4 Å². The molecule has 0 fully saturated rings. The van der Waals surface area contributed by atoms with Crippen LogP contribution < -0.4 is 11.1 Å². The van der Waals surface area contributed by atoms with Gasteiger partial charge in [0.15, 0.2) is 0 Å². The quantitative estimate of drug-likeness (QED) is 0.572. The average Bonchev–Trinajstić information content (AvgIpc) is 2.38. The number of carboxylic acid groups (broad SMARTS) is 1. The molecule has 19 heavy (non-hydrogen) atoms.